The zero-order valence-electron chi connectivity index (χ0n) is 17.1. The fourth-order valence-corrected chi connectivity index (χ4v) is 4.76. The molecule has 0 aromatic heterocycles. The van der Waals surface area contributed by atoms with Crippen LogP contribution in [0.3, 0.4) is 0 Å². The van der Waals surface area contributed by atoms with Gasteiger partial charge in [0.25, 0.3) is 0 Å². The topological polar surface area (TPSA) is 113 Å². The molecule has 30 heavy (non-hydrogen) atoms. The summed E-state index contributed by atoms with van der Waals surface area (Å²) in [5.74, 6) is -0.704. The number of hydrogen-bond acceptors (Lipinski definition) is 6. The number of ether oxygens (including phenoxy) is 1. The molecule has 1 aliphatic rings. The van der Waals surface area contributed by atoms with Crippen LogP contribution in [0.1, 0.15) is 39.3 Å². The summed E-state index contributed by atoms with van der Waals surface area (Å²) in [4.78, 5) is 24.1. The normalized spacial score (nSPS) is 19.9. The van der Waals surface area contributed by atoms with Crippen LogP contribution in [-0.2, 0) is 19.4 Å². The minimum atomic E-state index is -3.84. The van der Waals surface area contributed by atoms with Gasteiger partial charge in [-0.15, -0.1) is 0 Å². The maximum atomic E-state index is 13.1. The van der Waals surface area contributed by atoms with Crippen molar-refractivity contribution in [3.63, 3.8) is 0 Å². The number of nitrogens with zero attached hydrogens (tertiary/aromatic N) is 1. The Morgan fingerprint density at radius 3 is 2.27 bits per heavy atom. The molecule has 2 aromatic rings. The van der Waals surface area contributed by atoms with E-state index in [9.17, 15) is 23.1 Å². The average Bonchev–Trinajstić information content (AvgIpc) is 2.67. The summed E-state index contributed by atoms with van der Waals surface area (Å²) in [6.45, 7) is 5.78. The maximum Gasteiger partial charge on any atom is 0.238 e. The Bertz CT molecular complexity index is 1080. The lowest BCUT2D eigenvalue weighted by Crippen LogP contribution is -2.58. The van der Waals surface area contributed by atoms with Gasteiger partial charge in [0.2, 0.25) is 21.7 Å². The van der Waals surface area contributed by atoms with Gasteiger partial charge in [-0.1, -0.05) is 18.2 Å². The Labute approximate surface area is 175 Å². The van der Waals surface area contributed by atoms with Gasteiger partial charge in [-0.3, -0.25) is 15.0 Å². The van der Waals surface area contributed by atoms with Crippen molar-refractivity contribution in [2.24, 2.45) is 0 Å². The van der Waals surface area contributed by atoms with Crippen LogP contribution in [0.2, 0.25) is 0 Å². The first kappa shape index (κ1) is 21.8. The zero-order chi connectivity index (χ0) is 22.3. The fourth-order valence-electron chi connectivity index (χ4n) is 3.44. The highest BCUT2D eigenvalue weighted by Gasteiger charge is 2.47. The van der Waals surface area contributed by atoms with Crippen LogP contribution in [0.15, 0.2) is 58.3 Å². The zero-order valence-corrected chi connectivity index (χ0v) is 17.9. The average molecular weight is 432 g/mol. The minimum Gasteiger partial charge on any atom is -0.485 e. The third-order valence-corrected chi connectivity index (χ3v) is 6.71. The van der Waals surface area contributed by atoms with E-state index in [4.69, 9.17) is 4.74 Å². The Morgan fingerprint density at radius 1 is 1.07 bits per heavy atom. The Balaban J connectivity index is 2.19. The Hall–Kier alpha value is -2.91. The molecule has 0 unspecified atom stereocenters. The molecule has 9 heteroatoms. The monoisotopic (exact) mass is 432 g/mol. The molecule has 3 rings (SSSR count). The van der Waals surface area contributed by atoms with Crippen molar-refractivity contribution in [2.45, 2.75) is 55.2 Å². The van der Waals surface area contributed by atoms with Gasteiger partial charge in [0.15, 0.2) is 0 Å². The number of nitrogens with one attached hydrogen (secondary N) is 1. The van der Waals surface area contributed by atoms with Crippen LogP contribution in [0.5, 0.6) is 5.75 Å². The summed E-state index contributed by atoms with van der Waals surface area (Å²) in [6.07, 6.45) is -1.24. The first-order valence-electron chi connectivity index (χ1n) is 9.33. The lowest BCUT2D eigenvalue weighted by molar-refractivity contribution is -0.154. The predicted molar refractivity (Wildman–Crippen MR) is 108 cm³/mol. The summed E-state index contributed by atoms with van der Waals surface area (Å²) >= 11 is 0. The Morgan fingerprint density at radius 2 is 1.70 bits per heavy atom. The molecule has 2 aromatic carbocycles. The van der Waals surface area contributed by atoms with Gasteiger partial charge >= 0.3 is 0 Å². The molecule has 1 aliphatic heterocycles. The van der Waals surface area contributed by atoms with Crippen LogP contribution in [0.4, 0.5) is 0 Å². The first-order chi connectivity index (χ1) is 13.9. The van der Waals surface area contributed by atoms with E-state index in [-0.39, 0.29) is 15.4 Å². The SMILES string of the molecule is CC(=O)NN(C(C)=O)[C@@H]1c2cc(S(=O)(=O)c3ccccc3)ccc2OC(C)(C)[C@H]1O. The van der Waals surface area contributed by atoms with E-state index < -0.39 is 39.4 Å². The number of carbonyl (C=O) groups excluding carboxylic acids is 2. The van der Waals surface area contributed by atoms with Crippen LogP contribution in [0, 0.1) is 0 Å². The molecule has 2 amide bonds. The Kier molecular flexibility index (Phi) is 5.62. The van der Waals surface area contributed by atoms with Crippen LogP contribution in [0.25, 0.3) is 0 Å². The van der Waals surface area contributed by atoms with Crippen LogP contribution < -0.4 is 10.2 Å². The molecule has 1 heterocycles. The van der Waals surface area contributed by atoms with Gasteiger partial charge in [0.1, 0.15) is 23.5 Å². The predicted octanol–water partition coefficient (Wildman–Crippen LogP) is 1.99. The largest absolute Gasteiger partial charge is 0.485 e. The smallest absolute Gasteiger partial charge is 0.238 e. The highest BCUT2D eigenvalue weighted by Crippen LogP contribution is 2.43. The molecule has 0 saturated carbocycles. The van der Waals surface area contributed by atoms with Crippen LogP contribution >= 0.6 is 0 Å². The molecule has 0 aliphatic carbocycles. The summed E-state index contributed by atoms with van der Waals surface area (Å²) < 4.78 is 32.0. The highest BCUT2D eigenvalue weighted by atomic mass is 32.2. The third kappa shape index (κ3) is 3.90. The molecular formula is C21H24N2O6S. The van der Waals surface area contributed by atoms with Gasteiger partial charge in [0.05, 0.1) is 9.79 Å². The van der Waals surface area contributed by atoms with Crippen molar-refractivity contribution in [3.05, 3.63) is 54.1 Å². The second kappa shape index (κ2) is 7.73. The molecule has 0 spiro atoms. The molecule has 8 nitrogen and oxygen atoms in total. The second-order valence-corrected chi connectivity index (χ2v) is 9.62. The quantitative estimate of drug-likeness (QED) is 0.718. The number of hydrazine groups is 1. The summed E-state index contributed by atoms with van der Waals surface area (Å²) in [6, 6.07) is 11.2. The number of sulfone groups is 1. The lowest BCUT2D eigenvalue weighted by atomic mass is 9.86. The lowest BCUT2D eigenvalue weighted by Gasteiger charge is -2.45. The molecule has 2 atom stereocenters. The van der Waals surface area contributed by atoms with Crippen molar-refractivity contribution in [2.75, 3.05) is 0 Å². The van der Waals surface area contributed by atoms with E-state index in [1.54, 1.807) is 32.0 Å². The minimum absolute atomic E-state index is 0.0146. The van der Waals surface area contributed by atoms with Gasteiger partial charge in [-0.05, 0) is 44.2 Å². The molecule has 0 radical (unpaired) electrons. The summed E-state index contributed by atoms with van der Waals surface area (Å²) in [5.41, 5.74) is 1.61. The van der Waals surface area contributed by atoms with Crippen molar-refractivity contribution >= 4 is 21.7 Å². The van der Waals surface area contributed by atoms with Crippen molar-refractivity contribution in [1.82, 2.24) is 10.4 Å². The molecule has 2 N–H and O–H groups in total. The highest BCUT2D eigenvalue weighted by molar-refractivity contribution is 7.91. The number of rotatable bonds is 3. The van der Waals surface area contributed by atoms with Crippen LogP contribution in [-0.4, -0.2) is 42.1 Å². The van der Waals surface area contributed by atoms with Crippen molar-refractivity contribution in [1.29, 1.82) is 0 Å². The fraction of sp³-hybridized carbons (Fsp3) is 0.333. The number of fused-ring (bicyclic) bond motifs is 1. The molecule has 0 fully saturated rings. The number of aliphatic hydroxyl groups excluding tert-OH is 1. The van der Waals surface area contributed by atoms with E-state index >= 15 is 0 Å². The first-order valence-corrected chi connectivity index (χ1v) is 10.8. The van der Waals surface area contributed by atoms with Crippen molar-refractivity contribution in [3.8, 4) is 5.75 Å². The number of carbonyl (C=O) groups is 2. The number of benzene rings is 2. The third-order valence-electron chi connectivity index (χ3n) is 4.94. The number of amides is 2. The number of aliphatic hydroxyl groups is 1. The van der Waals surface area contributed by atoms with Gasteiger partial charge in [-0.2, -0.15) is 0 Å². The van der Waals surface area contributed by atoms with E-state index in [2.05, 4.69) is 5.43 Å². The molecular weight excluding hydrogens is 408 g/mol. The van der Waals surface area contributed by atoms with Gasteiger partial charge in [0, 0.05) is 19.4 Å². The molecule has 160 valence electrons. The molecule has 0 bridgehead atoms. The maximum absolute atomic E-state index is 13.1. The van der Waals surface area contributed by atoms with Gasteiger partial charge < -0.3 is 9.84 Å². The second-order valence-electron chi connectivity index (χ2n) is 7.67. The van der Waals surface area contributed by atoms with Crippen molar-refractivity contribution < 1.29 is 27.9 Å². The van der Waals surface area contributed by atoms with E-state index in [1.165, 1.54) is 44.2 Å². The number of hydrogen-bond donors (Lipinski definition) is 2. The van der Waals surface area contributed by atoms with E-state index in [1.807, 2.05) is 0 Å². The summed E-state index contributed by atoms with van der Waals surface area (Å²) in [7, 11) is -3.84. The van der Waals surface area contributed by atoms with E-state index in [0.29, 0.717) is 5.75 Å². The van der Waals surface area contributed by atoms with Gasteiger partial charge in [-0.25, -0.2) is 13.4 Å². The van der Waals surface area contributed by atoms with E-state index in [0.717, 1.165) is 5.01 Å². The standard InChI is InChI=1S/C21H24N2O6S/c1-13(24)22-23(14(2)25)19-17-12-16(30(27,28)15-8-6-5-7-9-15)10-11-18(17)29-21(3,4)20(19)26/h5-12,19-20,26H,1-4H3,(H,22,24)/t19-,20+/m1/s1. The summed E-state index contributed by atoms with van der Waals surface area (Å²) in [5, 5.41) is 12.0. The molecule has 0 saturated heterocycles.